The van der Waals surface area contributed by atoms with Crippen molar-refractivity contribution in [1.82, 2.24) is 25.5 Å². The van der Waals surface area contributed by atoms with Gasteiger partial charge in [0.15, 0.2) is 0 Å². The highest BCUT2D eigenvalue weighted by atomic mass is 32.2. The Kier molecular flexibility index (Phi) is 5.29. The van der Waals surface area contributed by atoms with E-state index < -0.39 is 0 Å². The molecular weight excluding hydrogens is 265 g/mol. The summed E-state index contributed by atoms with van der Waals surface area (Å²) in [6.45, 7) is 1.67. The lowest BCUT2D eigenvalue weighted by Gasteiger charge is -2.04. The molecule has 1 aromatic carbocycles. The first kappa shape index (κ1) is 14.0. The Morgan fingerprint density at radius 1 is 1.32 bits per heavy atom. The monoisotopic (exact) mass is 281 g/mol. The van der Waals surface area contributed by atoms with Crippen LogP contribution in [0.3, 0.4) is 0 Å². The third kappa shape index (κ3) is 4.60. The van der Waals surface area contributed by atoms with Gasteiger partial charge < -0.3 is 5.32 Å². The molecule has 7 heteroatoms. The van der Waals surface area contributed by atoms with Crippen molar-refractivity contribution in [3.63, 3.8) is 0 Å². The Bertz CT molecular complexity index is 499. The van der Waals surface area contributed by atoms with Crippen LogP contribution >= 0.6 is 11.8 Å². The zero-order valence-electron chi connectivity index (χ0n) is 10.7. The summed E-state index contributed by atoms with van der Waals surface area (Å²) in [4.78, 5) is 0. The first-order valence-electron chi connectivity index (χ1n) is 6.06. The Balaban J connectivity index is 1.57. The molecule has 5 nitrogen and oxygen atoms in total. The summed E-state index contributed by atoms with van der Waals surface area (Å²) in [5.41, 5.74) is 1.09. The lowest BCUT2D eigenvalue weighted by Crippen LogP contribution is -2.15. The van der Waals surface area contributed by atoms with Crippen molar-refractivity contribution < 1.29 is 4.39 Å². The van der Waals surface area contributed by atoms with Gasteiger partial charge in [0.05, 0.1) is 0 Å². The second kappa shape index (κ2) is 7.20. The van der Waals surface area contributed by atoms with Gasteiger partial charge in [-0.15, -0.1) is 5.10 Å². The van der Waals surface area contributed by atoms with Crippen molar-refractivity contribution in [3.8, 4) is 0 Å². The molecule has 0 aliphatic rings. The quantitative estimate of drug-likeness (QED) is 0.617. The van der Waals surface area contributed by atoms with Crippen LogP contribution < -0.4 is 5.32 Å². The molecule has 0 radical (unpaired) electrons. The van der Waals surface area contributed by atoms with Crippen LogP contribution in [0, 0.1) is 5.82 Å². The summed E-state index contributed by atoms with van der Waals surface area (Å²) < 4.78 is 14.4. The van der Waals surface area contributed by atoms with Gasteiger partial charge in [0.25, 0.3) is 0 Å². The van der Waals surface area contributed by atoms with E-state index in [0.29, 0.717) is 0 Å². The lowest BCUT2D eigenvalue weighted by atomic mass is 10.2. The molecule has 0 saturated carbocycles. The molecule has 0 unspecified atom stereocenters. The molecule has 2 rings (SSSR count). The smallest absolute Gasteiger partial charge is 0.209 e. The normalized spacial score (nSPS) is 10.8. The van der Waals surface area contributed by atoms with Crippen LogP contribution in [0.2, 0.25) is 0 Å². The Hall–Kier alpha value is -1.47. The molecule has 2 aromatic rings. The molecule has 0 aliphatic carbocycles. The van der Waals surface area contributed by atoms with Crippen LogP contribution in [0.25, 0.3) is 0 Å². The van der Waals surface area contributed by atoms with Gasteiger partial charge in [0.1, 0.15) is 5.82 Å². The maximum absolute atomic E-state index is 12.7. The van der Waals surface area contributed by atoms with Crippen LogP contribution in [0.4, 0.5) is 4.39 Å². The maximum Gasteiger partial charge on any atom is 0.209 e. The molecule has 0 fully saturated rings. The second-order valence-corrected chi connectivity index (χ2v) is 5.15. The number of hydrogen-bond donors (Lipinski definition) is 1. The predicted octanol–water partition coefficient (Wildman–Crippen LogP) is 1.62. The third-order valence-corrected chi connectivity index (χ3v) is 3.65. The number of thioether (sulfide) groups is 1. The number of aryl methyl sites for hydroxylation is 1. The average molecular weight is 281 g/mol. The van der Waals surface area contributed by atoms with Gasteiger partial charge in [-0.25, -0.2) is 9.07 Å². The number of hydrogen-bond acceptors (Lipinski definition) is 5. The average Bonchev–Trinajstić information content (AvgIpc) is 2.81. The summed E-state index contributed by atoms with van der Waals surface area (Å²) in [5, 5.41) is 15.4. The van der Waals surface area contributed by atoms with Crippen molar-refractivity contribution in [2.75, 3.05) is 12.3 Å². The van der Waals surface area contributed by atoms with Gasteiger partial charge in [-0.2, -0.15) is 0 Å². The van der Waals surface area contributed by atoms with E-state index in [-0.39, 0.29) is 5.82 Å². The largest absolute Gasteiger partial charge is 0.313 e. The summed E-state index contributed by atoms with van der Waals surface area (Å²) in [7, 11) is 1.83. The van der Waals surface area contributed by atoms with Crippen LogP contribution in [-0.4, -0.2) is 32.5 Å². The summed E-state index contributed by atoms with van der Waals surface area (Å²) in [5.74, 6) is 0.766. The minimum atomic E-state index is -0.197. The fourth-order valence-corrected chi connectivity index (χ4v) is 2.33. The van der Waals surface area contributed by atoms with E-state index >= 15 is 0 Å². The summed E-state index contributed by atoms with van der Waals surface area (Å²) in [6, 6.07) is 6.55. The Labute approximate surface area is 115 Å². The van der Waals surface area contributed by atoms with Crippen molar-refractivity contribution in [2.24, 2.45) is 7.05 Å². The highest BCUT2D eigenvalue weighted by Gasteiger charge is 2.01. The van der Waals surface area contributed by atoms with E-state index in [1.54, 1.807) is 28.6 Å². The number of nitrogens with one attached hydrogen (secondary N) is 1. The molecule has 1 heterocycles. The topological polar surface area (TPSA) is 55.6 Å². The molecule has 0 spiro atoms. The standard InChI is InChI=1S/C12H16FN5S/c1-18-12(15-16-17-18)19-8-2-7-14-9-10-3-5-11(13)6-4-10/h3-6,14H,2,7-9H2,1H3. The minimum Gasteiger partial charge on any atom is -0.313 e. The van der Waals surface area contributed by atoms with Crippen molar-refractivity contribution in [2.45, 2.75) is 18.1 Å². The molecule has 0 bridgehead atoms. The highest BCUT2D eigenvalue weighted by Crippen LogP contribution is 2.12. The van der Waals surface area contributed by atoms with E-state index in [1.807, 2.05) is 7.05 Å². The van der Waals surface area contributed by atoms with E-state index in [1.165, 1.54) is 12.1 Å². The molecule has 0 atom stereocenters. The third-order valence-electron chi connectivity index (χ3n) is 2.55. The highest BCUT2D eigenvalue weighted by molar-refractivity contribution is 7.99. The van der Waals surface area contributed by atoms with E-state index in [0.717, 1.165) is 36.0 Å². The fourth-order valence-electron chi connectivity index (χ4n) is 1.54. The maximum atomic E-state index is 12.7. The summed E-state index contributed by atoms with van der Waals surface area (Å²) >= 11 is 1.64. The van der Waals surface area contributed by atoms with E-state index in [2.05, 4.69) is 20.8 Å². The SMILES string of the molecule is Cn1nnnc1SCCCNCc1ccc(F)cc1. The molecule has 0 amide bonds. The van der Waals surface area contributed by atoms with Crippen LogP contribution in [0.5, 0.6) is 0 Å². The first-order chi connectivity index (χ1) is 9.25. The van der Waals surface area contributed by atoms with Gasteiger partial charge in [-0.1, -0.05) is 23.9 Å². The molecule has 1 N–H and O–H groups in total. The minimum absolute atomic E-state index is 0.197. The number of tetrazole rings is 1. The van der Waals surface area contributed by atoms with Crippen LogP contribution in [0.1, 0.15) is 12.0 Å². The zero-order chi connectivity index (χ0) is 13.5. The van der Waals surface area contributed by atoms with Crippen molar-refractivity contribution >= 4 is 11.8 Å². The molecule has 0 saturated heterocycles. The van der Waals surface area contributed by atoms with Crippen molar-refractivity contribution in [1.29, 1.82) is 0 Å². The zero-order valence-corrected chi connectivity index (χ0v) is 11.5. The van der Waals surface area contributed by atoms with Crippen LogP contribution in [-0.2, 0) is 13.6 Å². The number of nitrogens with zero attached hydrogens (tertiary/aromatic N) is 4. The summed E-state index contributed by atoms with van der Waals surface area (Å²) in [6.07, 6.45) is 1.03. The number of aromatic nitrogens is 4. The van der Waals surface area contributed by atoms with Gasteiger partial charge in [-0.05, 0) is 41.1 Å². The Morgan fingerprint density at radius 3 is 2.79 bits per heavy atom. The molecule has 19 heavy (non-hydrogen) atoms. The Morgan fingerprint density at radius 2 is 2.11 bits per heavy atom. The predicted molar refractivity (Wildman–Crippen MR) is 72.2 cm³/mol. The van der Waals surface area contributed by atoms with Gasteiger partial charge in [-0.3, -0.25) is 0 Å². The lowest BCUT2D eigenvalue weighted by molar-refractivity contribution is 0.624. The molecular formula is C12H16FN5S. The van der Waals surface area contributed by atoms with Crippen LogP contribution in [0.15, 0.2) is 29.4 Å². The number of benzene rings is 1. The van der Waals surface area contributed by atoms with Crippen molar-refractivity contribution in [3.05, 3.63) is 35.6 Å². The van der Waals surface area contributed by atoms with E-state index in [4.69, 9.17) is 0 Å². The fraction of sp³-hybridized carbons (Fsp3) is 0.417. The van der Waals surface area contributed by atoms with Gasteiger partial charge in [0.2, 0.25) is 5.16 Å². The van der Waals surface area contributed by atoms with Gasteiger partial charge >= 0.3 is 0 Å². The number of rotatable bonds is 7. The van der Waals surface area contributed by atoms with E-state index in [9.17, 15) is 4.39 Å². The first-order valence-corrected chi connectivity index (χ1v) is 7.04. The number of halogens is 1. The van der Waals surface area contributed by atoms with Gasteiger partial charge in [0, 0.05) is 19.3 Å². The molecule has 0 aliphatic heterocycles. The second-order valence-electron chi connectivity index (χ2n) is 4.09. The molecule has 102 valence electrons. The molecule has 1 aromatic heterocycles.